The monoisotopic (exact) mass is 373 g/mol. The molecule has 0 bridgehead atoms. The number of hydrogen-bond acceptors (Lipinski definition) is 2. The van der Waals surface area contributed by atoms with Crippen LogP contribution in [0.4, 0.5) is 4.79 Å². The minimum absolute atomic E-state index is 0.0788. The second-order valence-corrected chi connectivity index (χ2v) is 8.18. The highest BCUT2D eigenvalue weighted by Crippen LogP contribution is 2.44. The number of carbonyl (C=O) groups is 2. The van der Waals surface area contributed by atoms with Gasteiger partial charge in [-0.25, -0.2) is 4.79 Å². The largest absolute Gasteiger partial charge is 0.356 e. The Hall–Kier alpha value is -3.08. The molecular formula is C23H23N3O2. The van der Waals surface area contributed by atoms with Gasteiger partial charge in [0.1, 0.15) is 6.04 Å². The van der Waals surface area contributed by atoms with Gasteiger partial charge in [-0.1, -0.05) is 48.5 Å². The maximum Gasteiger partial charge on any atom is 0.328 e. The van der Waals surface area contributed by atoms with Crippen LogP contribution in [0.3, 0.4) is 0 Å². The molecule has 0 aliphatic carbocycles. The van der Waals surface area contributed by atoms with Crippen molar-refractivity contribution in [3.63, 3.8) is 0 Å². The molecule has 5 nitrogen and oxygen atoms in total. The van der Waals surface area contributed by atoms with Crippen molar-refractivity contribution >= 4 is 22.8 Å². The standard InChI is InChI=1S/C23H23N3O2/c1-23(2)20-17(16-10-6-7-11-18(16)24-20)14-19-21(27)25(22(28)26(19)23)13-12-15-8-4-3-5-9-15/h3-11,19,24H,12-14H2,1-2H3. The molecule has 5 rings (SSSR count). The lowest BCUT2D eigenvalue weighted by Crippen LogP contribution is -2.52. The Morgan fingerprint density at radius 3 is 2.54 bits per heavy atom. The molecule has 142 valence electrons. The molecule has 3 amide bonds. The summed E-state index contributed by atoms with van der Waals surface area (Å²) in [5.74, 6) is -0.0788. The van der Waals surface area contributed by atoms with Gasteiger partial charge in [0.2, 0.25) is 0 Å². The predicted molar refractivity (Wildman–Crippen MR) is 108 cm³/mol. The second kappa shape index (κ2) is 5.96. The molecule has 1 unspecified atom stereocenters. The topological polar surface area (TPSA) is 56.4 Å². The van der Waals surface area contributed by atoms with Crippen LogP contribution in [-0.4, -0.2) is 39.3 Å². The van der Waals surface area contributed by atoms with Crippen LogP contribution >= 0.6 is 0 Å². The highest BCUT2D eigenvalue weighted by molar-refractivity contribution is 6.05. The molecule has 1 saturated heterocycles. The van der Waals surface area contributed by atoms with Crippen LogP contribution in [0.1, 0.15) is 30.7 Å². The normalized spacial score (nSPS) is 20.6. The van der Waals surface area contributed by atoms with E-state index in [1.54, 1.807) is 4.90 Å². The zero-order valence-electron chi connectivity index (χ0n) is 16.1. The molecule has 2 aliphatic heterocycles. The summed E-state index contributed by atoms with van der Waals surface area (Å²) in [6, 6.07) is 17.5. The number of imide groups is 1. The summed E-state index contributed by atoms with van der Waals surface area (Å²) in [5, 5.41) is 1.15. The molecule has 2 aliphatic rings. The summed E-state index contributed by atoms with van der Waals surface area (Å²) in [5.41, 5.74) is 3.82. The van der Waals surface area contributed by atoms with Gasteiger partial charge in [-0.2, -0.15) is 0 Å². The van der Waals surface area contributed by atoms with E-state index in [1.807, 2.05) is 62.4 Å². The van der Waals surface area contributed by atoms with Crippen molar-refractivity contribution in [3.8, 4) is 0 Å². The molecule has 28 heavy (non-hydrogen) atoms. The van der Waals surface area contributed by atoms with E-state index in [2.05, 4.69) is 11.1 Å². The number of fused-ring (bicyclic) bond motifs is 4. The van der Waals surface area contributed by atoms with Crippen LogP contribution in [0.2, 0.25) is 0 Å². The molecular weight excluding hydrogens is 350 g/mol. The Bertz CT molecular complexity index is 1080. The Balaban J connectivity index is 1.49. The van der Waals surface area contributed by atoms with E-state index in [4.69, 9.17) is 0 Å². The number of para-hydroxylation sites is 1. The molecule has 3 aromatic rings. The van der Waals surface area contributed by atoms with Gasteiger partial charge in [0.15, 0.2) is 0 Å². The van der Waals surface area contributed by atoms with Crippen LogP contribution in [0.15, 0.2) is 54.6 Å². The fourth-order valence-electron chi connectivity index (χ4n) is 4.79. The molecule has 0 radical (unpaired) electrons. The SMILES string of the molecule is CC1(C)c2[nH]c3ccccc3c2CC2C(=O)N(CCc3ccccc3)C(=O)N21. The first kappa shape index (κ1) is 17.0. The number of rotatable bonds is 3. The number of amides is 3. The first-order valence-electron chi connectivity index (χ1n) is 9.77. The average Bonchev–Trinajstić information content (AvgIpc) is 3.18. The molecule has 5 heteroatoms. The maximum absolute atomic E-state index is 13.2. The van der Waals surface area contributed by atoms with Crippen LogP contribution < -0.4 is 0 Å². The van der Waals surface area contributed by atoms with Crippen molar-refractivity contribution in [1.82, 2.24) is 14.8 Å². The van der Waals surface area contributed by atoms with Crippen molar-refractivity contribution in [2.24, 2.45) is 0 Å². The molecule has 3 heterocycles. The van der Waals surface area contributed by atoms with Gasteiger partial charge >= 0.3 is 6.03 Å². The Labute approximate surface area is 163 Å². The Kier molecular flexibility index (Phi) is 3.63. The summed E-state index contributed by atoms with van der Waals surface area (Å²) in [6.45, 7) is 4.47. The third-order valence-corrected chi connectivity index (χ3v) is 6.19. The van der Waals surface area contributed by atoms with Crippen LogP contribution in [0, 0.1) is 0 Å². The van der Waals surface area contributed by atoms with Gasteiger partial charge in [0.05, 0.1) is 5.54 Å². The molecule has 0 spiro atoms. The fraction of sp³-hybridized carbons (Fsp3) is 0.304. The first-order chi connectivity index (χ1) is 13.5. The number of carbonyl (C=O) groups excluding carboxylic acids is 2. The van der Waals surface area contributed by atoms with E-state index in [1.165, 1.54) is 4.90 Å². The lowest BCUT2D eigenvalue weighted by molar-refractivity contribution is -0.129. The number of hydrogen-bond donors (Lipinski definition) is 1. The van der Waals surface area contributed by atoms with Crippen LogP contribution in [0.25, 0.3) is 10.9 Å². The van der Waals surface area contributed by atoms with Gasteiger partial charge in [-0.3, -0.25) is 9.69 Å². The van der Waals surface area contributed by atoms with E-state index >= 15 is 0 Å². The summed E-state index contributed by atoms with van der Waals surface area (Å²) in [4.78, 5) is 33.1. The van der Waals surface area contributed by atoms with Crippen molar-refractivity contribution in [2.75, 3.05) is 6.54 Å². The van der Waals surface area contributed by atoms with Gasteiger partial charge in [-0.15, -0.1) is 0 Å². The minimum atomic E-state index is -0.564. The van der Waals surface area contributed by atoms with Crippen molar-refractivity contribution in [1.29, 1.82) is 0 Å². The summed E-state index contributed by atoms with van der Waals surface area (Å²) in [7, 11) is 0. The van der Waals surface area contributed by atoms with Gasteiger partial charge in [0, 0.05) is 29.6 Å². The molecule has 1 aromatic heterocycles. The Morgan fingerprint density at radius 1 is 1.04 bits per heavy atom. The maximum atomic E-state index is 13.2. The second-order valence-electron chi connectivity index (χ2n) is 8.18. The van der Waals surface area contributed by atoms with E-state index < -0.39 is 11.6 Å². The molecule has 1 fully saturated rings. The summed E-state index contributed by atoms with van der Waals surface area (Å²) < 4.78 is 0. The highest BCUT2D eigenvalue weighted by Gasteiger charge is 2.55. The molecule has 0 saturated carbocycles. The Morgan fingerprint density at radius 2 is 1.75 bits per heavy atom. The van der Waals surface area contributed by atoms with Gasteiger partial charge < -0.3 is 9.88 Å². The smallest absolute Gasteiger partial charge is 0.328 e. The molecule has 1 N–H and O–H groups in total. The number of nitrogens with one attached hydrogen (secondary N) is 1. The third-order valence-electron chi connectivity index (χ3n) is 6.19. The summed E-state index contributed by atoms with van der Waals surface area (Å²) >= 11 is 0. The zero-order chi connectivity index (χ0) is 19.5. The van der Waals surface area contributed by atoms with Crippen LogP contribution in [-0.2, 0) is 23.2 Å². The predicted octanol–water partition coefficient (Wildman–Crippen LogP) is 3.83. The first-order valence-corrected chi connectivity index (χ1v) is 9.77. The lowest BCUT2D eigenvalue weighted by Gasteiger charge is -2.42. The van der Waals surface area contributed by atoms with Crippen molar-refractivity contribution in [2.45, 2.75) is 38.3 Å². The van der Waals surface area contributed by atoms with E-state index in [0.717, 1.165) is 27.7 Å². The quantitative estimate of drug-likeness (QED) is 0.710. The summed E-state index contributed by atoms with van der Waals surface area (Å²) in [6.07, 6.45) is 1.24. The minimum Gasteiger partial charge on any atom is -0.356 e. The molecule has 2 aromatic carbocycles. The lowest BCUT2D eigenvalue weighted by atomic mass is 9.85. The molecule has 1 atom stereocenters. The van der Waals surface area contributed by atoms with Crippen molar-refractivity contribution in [3.05, 3.63) is 71.4 Å². The number of nitrogens with zero attached hydrogens (tertiary/aromatic N) is 2. The van der Waals surface area contributed by atoms with Crippen molar-refractivity contribution < 1.29 is 9.59 Å². The number of benzene rings is 2. The van der Waals surface area contributed by atoms with E-state index in [0.29, 0.717) is 19.4 Å². The highest BCUT2D eigenvalue weighted by atomic mass is 16.2. The number of aromatic nitrogens is 1. The van der Waals surface area contributed by atoms with Crippen LogP contribution in [0.5, 0.6) is 0 Å². The number of aromatic amines is 1. The zero-order valence-corrected chi connectivity index (χ0v) is 16.1. The number of urea groups is 1. The van der Waals surface area contributed by atoms with E-state index in [9.17, 15) is 9.59 Å². The fourth-order valence-corrected chi connectivity index (χ4v) is 4.79. The van der Waals surface area contributed by atoms with Gasteiger partial charge in [0.25, 0.3) is 5.91 Å². The average molecular weight is 373 g/mol. The van der Waals surface area contributed by atoms with Gasteiger partial charge in [-0.05, 0) is 37.5 Å². The third kappa shape index (κ3) is 2.32. The number of H-pyrrole nitrogens is 1. The van der Waals surface area contributed by atoms with E-state index in [-0.39, 0.29) is 11.9 Å².